The minimum absolute atomic E-state index is 0.0607. The van der Waals surface area contributed by atoms with E-state index in [1.165, 1.54) is 6.42 Å². The van der Waals surface area contributed by atoms with Crippen molar-refractivity contribution in [1.29, 1.82) is 0 Å². The standard InChI is InChI=1S/C11H20F3N/c1-8-3-4-9(2)10(7-8)15-6-5-11(12,13)14/h8-10,15H,3-7H2,1-2H3. The van der Waals surface area contributed by atoms with Gasteiger partial charge in [-0.3, -0.25) is 0 Å². The normalized spacial score (nSPS) is 33.0. The Labute approximate surface area is 89.4 Å². The summed E-state index contributed by atoms with van der Waals surface area (Å²) in [5.74, 6) is 1.15. The molecule has 1 nitrogen and oxygen atoms in total. The monoisotopic (exact) mass is 223 g/mol. The van der Waals surface area contributed by atoms with Gasteiger partial charge in [-0.05, 0) is 24.7 Å². The number of nitrogens with one attached hydrogen (secondary N) is 1. The van der Waals surface area contributed by atoms with Gasteiger partial charge in [0.15, 0.2) is 0 Å². The third-order valence-electron chi connectivity index (χ3n) is 3.27. The summed E-state index contributed by atoms with van der Waals surface area (Å²) in [6, 6.07) is 0.274. The predicted molar refractivity (Wildman–Crippen MR) is 54.6 cm³/mol. The number of alkyl halides is 3. The second-order valence-corrected chi connectivity index (χ2v) is 4.82. The fourth-order valence-electron chi connectivity index (χ4n) is 2.22. The van der Waals surface area contributed by atoms with Gasteiger partial charge in [0.05, 0.1) is 6.42 Å². The van der Waals surface area contributed by atoms with E-state index in [9.17, 15) is 13.2 Å². The van der Waals surface area contributed by atoms with E-state index in [0.717, 1.165) is 12.8 Å². The van der Waals surface area contributed by atoms with E-state index < -0.39 is 12.6 Å². The minimum Gasteiger partial charge on any atom is -0.313 e. The molecular weight excluding hydrogens is 203 g/mol. The molecule has 4 heteroatoms. The average molecular weight is 223 g/mol. The topological polar surface area (TPSA) is 12.0 Å². The van der Waals surface area contributed by atoms with Crippen LogP contribution >= 0.6 is 0 Å². The van der Waals surface area contributed by atoms with Gasteiger partial charge in [-0.1, -0.05) is 20.3 Å². The maximum absolute atomic E-state index is 11.9. The van der Waals surface area contributed by atoms with Gasteiger partial charge >= 0.3 is 6.18 Å². The zero-order chi connectivity index (χ0) is 11.5. The molecule has 0 aliphatic heterocycles. The second kappa shape index (κ2) is 5.19. The van der Waals surface area contributed by atoms with Crippen LogP contribution in [0.5, 0.6) is 0 Å². The van der Waals surface area contributed by atoms with Crippen molar-refractivity contribution in [3.05, 3.63) is 0 Å². The van der Waals surface area contributed by atoms with Crippen LogP contribution in [0.25, 0.3) is 0 Å². The van der Waals surface area contributed by atoms with E-state index >= 15 is 0 Å². The molecule has 0 heterocycles. The van der Waals surface area contributed by atoms with E-state index in [-0.39, 0.29) is 12.6 Å². The molecule has 0 bridgehead atoms. The largest absolute Gasteiger partial charge is 0.390 e. The van der Waals surface area contributed by atoms with Crippen LogP contribution in [0.4, 0.5) is 13.2 Å². The summed E-state index contributed by atoms with van der Waals surface area (Å²) >= 11 is 0. The predicted octanol–water partition coefficient (Wildman–Crippen LogP) is 3.35. The lowest BCUT2D eigenvalue weighted by molar-refractivity contribution is -0.133. The Balaban J connectivity index is 2.24. The Kier molecular flexibility index (Phi) is 4.44. The Morgan fingerprint density at radius 2 is 1.87 bits per heavy atom. The summed E-state index contributed by atoms with van der Waals surface area (Å²) < 4.78 is 35.8. The molecule has 1 saturated carbocycles. The summed E-state index contributed by atoms with van der Waals surface area (Å²) in [4.78, 5) is 0. The second-order valence-electron chi connectivity index (χ2n) is 4.82. The van der Waals surface area contributed by atoms with Crippen molar-refractivity contribution in [3.8, 4) is 0 Å². The number of hydrogen-bond donors (Lipinski definition) is 1. The zero-order valence-corrected chi connectivity index (χ0v) is 9.40. The van der Waals surface area contributed by atoms with E-state index in [4.69, 9.17) is 0 Å². The van der Waals surface area contributed by atoms with Crippen molar-refractivity contribution in [2.45, 2.75) is 51.7 Å². The molecule has 3 atom stereocenters. The average Bonchev–Trinajstić information content (AvgIpc) is 2.09. The summed E-state index contributed by atoms with van der Waals surface area (Å²) in [5, 5.41) is 3.04. The Hall–Kier alpha value is -0.250. The molecule has 15 heavy (non-hydrogen) atoms. The molecule has 1 aliphatic rings. The highest BCUT2D eigenvalue weighted by atomic mass is 19.4. The van der Waals surface area contributed by atoms with Gasteiger partial charge in [0.1, 0.15) is 0 Å². The van der Waals surface area contributed by atoms with Gasteiger partial charge in [-0.25, -0.2) is 0 Å². The first-order valence-electron chi connectivity index (χ1n) is 5.68. The fraction of sp³-hybridized carbons (Fsp3) is 1.00. The molecule has 0 saturated heterocycles. The van der Waals surface area contributed by atoms with Gasteiger partial charge in [0, 0.05) is 12.6 Å². The highest BCUT2D eigenvalue weighted by Gasteiger charge is 2.29. The molecule has 0 radical (unpaired) electrons. The quantitative estimate of drug-likeness (QED) is 0.773. The molecule has 3 unspecified atom stereocenters. The molecule has 0 aromatic heterocycles. The first-order valence-corrected chi connectivity index (χ1v) is 5.68. The third-order valence-corrected chi connectivity index (χ3v) is 3.27. The Morgan fingerprint density at radius 3 is 2.47 bits per heavy atom. The van der Waals surface area contributed by atoms with E-state index in [0.29, 0.717) is 11.8 Å². The Morgan fingerprint density at radius 1 is 1.20 bits per heavy atom. The SMILES string of the molecule is CC1CCC(C)C(NCCC(F)(F)F)C1. The molecule has 1 aliphatic carbocycles. The molecule has 1 fully saturated rings. The maximum Gasteiger partial charge on any atom is 0.390 e. The van der Waals surface area contributed by atoms with E-state index in [2.05, 4.69) is 19.2 Å². The van der Waals surface area contributed by atoms with Crippen LogP contribution in [0.2, 0.25) is 0 Å². The summed E-state index contributed by atoms with van der Waals surface area (Å²) in [7, 11) is 0. The van der Waals surface area contributed by atoms with Crippen LogP contribution in [0, 0.1) is 11.8 Å². The van der Waals surface area contributed by atoms with Crippen molar-refractivity contribution in [2.24, 2.45) is 11.8 Å². The lowest BCUT2D eigenvalue weighted by Crippen LogP contribution is -2.40. The smallest absolute Gasteiger partial charge is 0.313 e. The third kappa shape index (κ3) is 4.87. The van der Waals surface area contributed by atoms with E-state index in [1.54, 1.807) is 0 Å². The summed E-state index contributed by atoms with van der Waals surface area (Å²) in [6.45, 7) is 4.35. The molecular formula is C11H20F3N. The van der Waals surface area contributed by atoms with Gasteiger partial charge in [-0.2, -0.15) is 13.2 Å². The number of rotatable bonds is 3. The van der Waals surface area contributed by atoms with Crippen LogP contribution in [0.3, 0.4) is 0 Å². The Bertz CT molecular complexity index is 191. The zero-order valence-electron chi connectivity index (χ0n) is 9.40. The van der Waals surface area contributed by atoms with E-state index in [1.807, 2.05) is 0 Å². The van der Waals surface area contributed by atoms with Crippen LogP contribution in [0.15, 0.2) is 0 Å². The van der Waals surface area contributed by atoms with Crippen molar-refractivity contribution in [2.75, 3.05) is 6.54 Å². The molecule has 1 N–H and O–H groups in total. The van der Waals surface area contributed by atoms with Crippen LogP contribution in [0.1, 0.15) is 39.5 Å². The van der Waals surface area contributed by atoms with Crippen LogP contribution in [-0.2, 0) is 0 Å². The fourth-order valence-corrected chi connectivity index (χ4v) is 2.22. The van der Waals surface area contributed by atoms with Crippen molar-refractivity contribution < 1.29 is 13.2 Å². The molecule has 90 valence electrons. The number of halogens is 3. The molecule has 0 spiro atoms. The molecule has 1 rings (SSSR count). The highest BCUT2D eigenvalue weighted by molar-refractivity contribution is 4.81. The maximum atomic E-state index is 11.9. The van der Waals surface area contributed by atoms with Crippen molar-refractivity contribution in [1.82, 2.24) is 5.32 Å². The van der Waals surface area contributed by atoms with Gasteiger partial charge < -0.3 is 5.32 Å². The van der Waals surface area contributed by atoms with Crippen LogP contribution in [-0.4, -0.2) is 18.8 Å². The summed E-state index contributed by atoms with van der Waals surface area (Å²) in [6.07, 6.45) is -1.40. The molecule has 0 aromatic carbocycles. The lowest BCUT2D eigenvalue weighted by atomic mass is 9.80. The summed E-state index contributed by atoms with van der Waals surface area (Å²) in [5.41, 5.74) is 0. The molecule has 0 amide bonds. The van der Waals surface area contributed by atoms with Crippen molar-refractivity contribution in [3.63, 3.8) is 0 Å². The van der Waals surface area contributed by atoms with Crippen molar-refractivity contribution >= 4 is 0 Å². The van der Waals surface area contributed by atoms with Gasteiger partial charge in [0.2, 0.25) is 0 Å². The lowest BCUT2D eigenvalue weighted by Gasteiger charge is -2.33. The van der Waals surface area contributed by atoms with Crippen LogP contribution < -0.4 is 5.32 Å². The van der Waals surface area contributed by atoms with Gasteiger partial charge in [0.25, 0.3) is 0 Å². The highest BCUT2D eigenvalue weighted by Crippen LogP contribution is 2.28. The first-order chi connectivity index (χ1) is 6.88. The first kappa shape index (κ1) is 12.8. The number of hydrogen-bond acceptors (Lipinski definition) is 1. The minimum atomic E-state index is -4.03. The van der Waals surface area contributed by atoms with Gasteiger partial charge in [-0.15, -0.1) is 0 Å². The molecule has 0 aromatic rings.